The molecule has 1 aliphatic rings. The number of imidazole rings is 1. The number of anilines is 3. The van der Waals surface area contributed by atoms with Gasteiger partial charge in [-0.1, -0.05) is 12.1 Å². The van der Waals surface area contributed by atoms with Gasteiger partial charge in [-0.2, -0.15) is 5.10 Å². The molecular weight excluding hydrogens is 458 g/mol. The Morgan fingerprint density at radius 3 is 2.92 bits per heavy atom. The molecule has 10 nitrogen and oxygen atoms in total. The van der Waals surface area contributed by atoms with Crippen LogP contribution in [0.2, 0.25) is 0 Å². The van der Waals surface area contributed by atoms with Gasteiger partial charge in [-0.25, -0.2) is 9.97 Å². The van der Waals surface area contributed by atoms with Crippen LogP contribution in [0.5, 0.6) is 5.75 Å². The molecule has 0 bridgehead atoms. The molecule has 0 amide bonds. The summed E-state index contributed by atoms with van der Waals surface area (Å²) in [6.07, 6.45) is 7.48. The van der Waals surface area contributed by atoms with Gasteiger partial charge in [-0.3, -0.25) is 5.10 Å². The molecule has 3 aromatic heterocycles. The number of nitrogens with zero attached hydrogens (tertiary/aromatic N) is 5. The molecule has 6 rings (SSSR count). The van der Waals surface area contributed by atoms with E-state index in [-0.39, 0.29) is 0 Å². The molecule has 1 aliphatic heterocycles. The number of morpholine rings is 1. The van der Waals surface area contributed by atoms with E-state index >= 15 is 0 Å². The summed E-state index contributed by atoms with van der Waals surface area (Å²) in [5, 5.41) is 11.7. The van der Waals surface area contributed by atoms with Crippen LogP contribution in [0.25, 0.3) is 27.8 Å². The Labute approximate surface area is 207 Å². The van der Waals surface area contributed by atoms with E-state index in [0.29, 0.717) is 32.2 Å². The number of rotatable bonds is 8. The second-order valence-corrected chi connectivity index (χ2v) is 8.55. The first kappa shape index (κ1) is 22.3. The number of aromatic nitrogens is 5. The minimum Gasteiger partial charge on any atom is -0.489 e. The highest BCUT2D eigenvalue weighted by Gasteiger charge is 2.17. The van der Waals surface area contributed by atoms with Crippen molar-refractivity contribution in [3.8, 4) is 17.0 Å². The second-order valence-electron chi connectivity index (χ2n) is 8.55. The first-order chi connectivity index (χ1) is 17.8. The van der Waals surface area contributed by atoms with E-state index in [1.165, 1.54) is 0 Å². The van der Waals surface area contributed by atoms with Crippen molar-refractivity contribution in [1.82, 2.24) is 24.6 Å². The highest BCUT2D eigenvalue weighted by Crippen LogP contribution is 2.34. The number of ether oxygens (including phenoxy) is 3. The molecule has 0 atom stereocenters. The second kappa shape index (κ2) is 9.84. The first-order valence-corrected chi connectivity index (χ1v) is 11.9. The van der Waals surface area contributed by atoms with Gasteiger partial charge in [-0.15, -0.1) is 0 Å². The van der Waals surface area contributed by atoms with Gasteiger partial charge >= 0.3 is 0 Å². The molecule has 184 valence electrons. The van der Waals surface area contributed by atoms with E-state index in [1.54, 1.807) is 13.3 Å². The van der Waals surface area contributed by atoms with Gasteiger partial charge in [0.05, 0.1) is 42.9 Å². The summed E-state index contributed by atoms with van der Waals surface area (Å²) in [6, 6.07) is 12.3. The van der Waals surface area contributed by atoms with E-state index in [4.69, 9.17) is 19.2 Å². The average molecular weight is 486 g/mol. The molecule has 2 aromatic carbocycles. The average Bonchev–Trinajstić information content (AvgIpc) is 3.59. The largest absolute Gasteiger partial charge is 0.489 e. The summed E-state index contributed by atoms with van der Waals surface area (Å²) in [6.45, 7) is 4.04. The Bertz CT molecular complexity index is 1490. The van der Waals surface area contributed by atoms with Crippen LogP contribution in [0.1, 0.15) is 0 Å². The van der Waals surface area contributed by atoms with Crippen molar-refractivity contribution in [3.63, 3.8) is 0 Å². The van der Waals surface area contributed by atoms with Gasteiger partial charge in [0.1, 0.15) is 12.4 Å². The maximum absolute atomic E-state index is 6.11. The number of aromatic amines is 1. The Hall–Kier alpha value is -4.15. The van der Waals surface area contributed by atoms with Crippen LogP contribution < -0.4 is 15.0 Å². The molecular formula is C26H27N7O3. The summed E-state index contributed by atoms with van der Waals surface area (Å²) >= 11 is 0. The highest BCUT2D eigenvalue weighted by molar-refractivity contribution is 5.84. The third-order valence-corrected chi connectivity index (χ3v) is 6.23. The molecule has 4 heterocycles. The monoisotopic (exact) mass is 485 g/mol. The van der Waals surface area contributed by atoms with Crippen molar-refractivity contribution in [2.75, 3.05) is 56.8 Å². The number of fused-ring (bicyclic) bond motifs is 2. The Morgan fingerprint density at radius 2 is 2.03 bits per heavy atom. The van der Waals surface area contributed by atoms with Crippen LogP contribution in [0, 0.1) is 0 Å². The van der Waals surface area contributed by atoms with E-state index in [0.717, 1.165) is 58.0 Å². The molecule has 0 spiro atoms. The molecule has 1 saturated heterocycles. The summed E-state index contributed by atoms with van der Waals surface area (Å²) < 4.78 is 18.8. The van der Waals surface area contributed by atoms with Gasteiger partial charge in [0.25, 0.3) is 0 Å². The fourth-order valence-electron chi connectivity index (χ4n) is 4.40. The van der Waals surface area contributed by atoms with E-state index in [9.17, 15) is 0 Å². The number of benzene rings is 2. The lowest BCUT2D eigenvalue weighted by atomic mass is 10.1. The molecule has 36 heavy (non-hydrogen) atoms. The standard InChI is InChI=1S/C26H27N7O3/c1-34-12-13-36-24-15-20(4-5-23(24)32-8-10-35-11-9-32)29-25-26-27-6-7-33(26)17-22(30-25)18-2-3-19-16-28-31-21(19)14-18/h2-7,14-17H,8-13H2,1H3,(H,28,31)(H,29,30). The predicted molar refractivity (Wildman–Crippen MR) is 138 cm³/mol. The lowest BCUT2D eigenvalue weighted by Gasteiger charge is -2.30. The summed E-state index contributed by atoms with van der Waals surface area (Å²) in [5.41, 5.74) is 5.41. The fraction of sp³-hybridized carbons (Fsp3) is 0.269. The highest BCUT2D eigenvalue weighted by atomic mass is 16.5. The number of methoxy groups -OCH3 is 1. The maximum atomic E-state index is 6.11. The lowest BCUT2D eigenvalue weighted by Crippen LogP contribution is -2.36. The van der Waals surface area contributed by atoms with E-state index < -0.39 is 0 Å². The Kier molecular flexibility index (Phi) is 6.10. The van der Waals surface area contributed by atoms with Gasteiger partial charge in [0, 0.05) is 61.5 Å². The molecule has 2 N–H and O–H groups in total. The first-order valence-electron chi connectivity index (χ1n) is 11.9. The van der Waals surface area contributed by atoms with Crippen LogP contribution >= 0.6 is 0 Å². The van der Waals surface area contributed by atoms with Crippen molar-refractivity contribution >= 4 is 33.7 Å². The topological polar surface area (TPSA) is 102 Å². The van der Waals surface area contributed by atoms with Gasteiger partial charge in [-0.05, 0) is 18.2 Å². The molecule has 5 aromatic rings. The summed E-state index contributed by atoms with van der Waals surface area (Å²) in [4.78, 5) is 11.7. The molecule has 0 unspecified atom stereocenters. The minimum absolute atomic E-state index is 0.464. The molecule has 0 radical (unpaired) electrons. The van der Waals surface area contributed by atoms with Crippen molar-refractivity contribution in [3.05, 3.63) is 61.2 Å². The zero-order valence-electron chi connectivity index (χ0n) is 20.0. The van der Waals surface area contributed by atoms with Crippen LogP contribution in [-0.2, 0) is 9.47 Å². The maximum Gasteiger partial charge on any atom is 0.180 e. The van der Waals surface area contributed by atoms with Crippen LogP contribution in [0.4, 0.5) is 17.2 Å². The smallest absolute Gasteiger partial charge is 0.180 e. The van der Waals surface area contributed by atoms with Crippen molar-refractivity contribution < 1.29 is 14.2 Å². The SMILES string of the molecule is COCCOc1cc(Nc2nc(-c3ccc4cn[nH]c4c3)cn3ccnc23)ccc1N1CCOCC1. The molecule has 1 fully saturated rings. The van der Waals surface area contributed by atoms with Gasteiger partial charge < -0.3 is 28.8 Å². The fourth-order valence-corrected chi connectivity index (χ4v) is 4.40. The summed E-state index contributed by atoms with van der Waals surface area (Å²) in [5.74, 6) is 1.45. The van der Waals surface area contributed by atoms with Crippen LogP contribution in [-0.4, -0.2) is 71.2 Å². The van der Waals surface area contributed by atoms with Crippen molar-refractivity contribution in [1.29, 1.82) is 0 Å². The molecule has 10 heteroatoms. The summed E-state index contributed by atoms with van der Waals surface area (Å²) in [7, 11) is 1.67. The zero-order valence-corrected chi connectivity index (χ0v) is 20.0. The quantitative estimate of drug-likeness (QED) is 0.319. The lowest BCUT2D eigenvalue weighted by molar-refractivity contribution is 0.121. The number of H-pyrrole nitrogens is 1. The van der Waals surface area contributed by atoms with Crippen LogP contribution in [0.3, 0.4) is 0 Å². The van der Waals surface area contributed by atoms with Crippen molar-refractivity contribution in [2.24, 2.45) is 0 Å². The molecule has 0 saturated carbocycles. The van der Waals surface area contributed by atoms with Gasteiger partial charge in [0.15, 0.2) is 11.5 Å². The number of nitrogens with one attached hydrogen (secondary N) is 2. The van der Waals surface area contributed by atoms with Gasteiger partial charge in [0.2, 0.25) is 0 Å². The molecule has 0 aliphatic carbocycles. The van der Waals surface area contributed by atoms with E-state index in [1.807, 2.05) is 47.3 Å². The van der Waals surface area contributed by atoms with Crippen LogP contribution in [0.15, 0.2) is 61.2 Å². The van der Waals surface area contributed by atoms with Crippen molar-refractivity contribution in [2.45, 2.75) is 0 Å². The minimum atomic E-state index is 0.464. The number of hydrogen-bond acceptors (Lipinski definition) is 8. The predicted octanol–water partition coefficient (Wildman–Crippen LogP) is 3.88. The Morgan fingerprint density at radius 1 is 1.11 bits per heavy atom. The van der Waals surface area contributed by atoms with E-state index in [2.05, 4.69) is 37.5 Å². The Balaban J connectivity index is 1.35. The number of hydrogen-bond donors (Lipinski definition) is 2. The third kappa shape index (κ3) is 4.43. The normalized spacial score (nSPS) is 14.0. The third-order valence-electron chi connectivity index (χ3n) is 6.23. The zero-order chi connectivity index (χ0) is 24.3.